The quantitative estimate of drug-likeness (QED) is 0.613. The molecule has 1 fully saturated rings. The standard InChI is InChI=1S/C21H27FN6S/c1-2-9-26-11-13-27(14-12-26)20-24-25-21(29-20)28-10-5-7-18(28)16-23-15-17-6-3-4-8-19(17)22/h3-8,10,23H,2,9,11-16H2,1H3. The Morgan fingerprint density at radius 3 is 2.59 bits per heavy atom. The molecule has 3 aromatic rings. The molecule has 0 unspecified atom stereocenters. The fourth-order valence-electron chi connectivity index (χ4n) is 3.63. The SMILES string of the molecule is CCCN1CCN(c2nnc(-n3cccc3CNCc3ccccc3F)s2)CC1. The molecule has 0 radical (unpaired) electrons. The van der Waals surface area contributed by atoms with Crippen molar-refractivity contribution in [2.24, 2.45) is 0 Å². The van der Waals surface area contributed by atoms with Crippen molar-refractivity contribution in [3.05, 3.63) is 59.7 Å². The normalized spacial score (nSPS) is 15.2. The van der Waals surface area contributed by atoms with Gasteiger partial charge in [0, 0.05) is 56.7 Å². The van der Waals surface area contributed by atoms with E-state index in [1.54, 1.807) is 23.5 Å². The summed E-state index contributed by atoms with van der Waals surface area (Å²) in [7, 11) is 0. The smallest absolute Gasteiger partial charge is 0.218 e. The second kappa shape index (κ2) is 9.47. The van der Waals surface area contributed by atoms with Crippen LogP contribution in [0.25, 0.3) is 5.13 Å². The van der Waals surface area contributed by atoms with Gasteiger partial charge in [0.1, 0.15) is 5.82 Å². The Kier molecular flexibility index (Phi) is 6.53. The van der Waals surface area contributed by atoms with Gasteiger partial charge in [-0.2, -0.15) is 0 Å². The van der Waals surface area contributed by atoms with Crippen LogP contribution in [0.15, 0.2) is 42.6 Å². The minimum Gasteiger partial charge on any atom is -0.344 e. The molecule has 3 heterocycles. The van der Waals surface area contributed by atoms with E-state index in [4.69, 9.17) is 0 Å². The summed E-state index contributed by atoms with van der Waals surface area (Å²) in [6.45, 7) is 8.67. The molecule has 1 aliphatic rings. The molecule has 8 heteroatoms. The van der Waals surface area contributed by atoms with Crippen LogP contribution in [-0.2, 0) is 13.1 Å². The van der Waals surface area contributed by atoms with E-state index < -0.39 is 0 Å². The highest BCUT2D eigenvalue weighted by Gasteiger charge is 2.20. The summed E-state index contributed by atoms with van der Waals surface area (Å²) in [5.41, 5.74) is 1.75. The van der Waals surface area contributed by atoms with Gasteiger partial charge in [0.25, 0.3) is 0 Å². The summed E-state index contributed by atoms with van der Waals surface area (Å²) in [6.07, 6.45) is 3.20. The molecule has 0 amide bonds. The maximum absolute atomic E-state index is 13.8. The lowest BCUT2D eigenvalue weighted by atomic mass is 10.2. The number of rotatable bonds is 8. The van der Waals surface area contributed by atoms with Crippen molar-refractivity contribution < 1.29 is 4.39 Å². The van der Waals surface area contributed by atoms with Gasteiger partial charge in [-0.05, 0) is 31.2 Å². The van der Waals surface area contributed by atoms with E-state index in [2.05, 4.69) is 42.9 Å². The maximum atomic E-state index is 13.8. The van der Waals surface area contributed by atoms with Crippen LogP contribution >= 0.6 is 11.3 Å². The van der Waals surface area contributed by atoms with Crippen molar-refractivity contribution >= 4 is 16.5 Å². The largest absolute Gasteiger partial charge is 0.344 e. The number of piperazine rings is 1. The lowest BCUT2D eigenvalue weighted by Crippen LogP contribution is -2.46. The second-order valence-electron chi connectivity index (χ2n) is 7.26. The number of anilines is 1. The first-order valence-corrected chi connectivity index (χ1v) is 11.0. The summed E-state index contributed by atoms with van der Waals surface area (Å²) in [6, 6.07) is 10.9. The molecule has 0 saturated carbocycles. The van der Waals surface area contributed by atoms with Gasteiger partial charge in [0.15, 0.2) is 0 Å². The van der Waals surface area contributed by atoms with Crippen LogP contribution in [0.4, 0.5) is 9.52 Å². The zero-order valence-electron chi connectivity index (χ0n) is 16.7. The van der Waals surface area contributed by atoms with Crippen molar-refractivity contribution in [3.8, 4) is 5.13 Å². The highest BCUT2D eigenvalue weighted by molar-refractivity contribution is 7.17. The van der Waals surface area contributed by atoms with Crippen molar-refractivity contribution in [1.82, 2.24) is 25.0 Å². The van der Waals surface area contributed by atoms with Crippen molar-refractivity contribution in [1.29, 1.82) is 0 Å². The van der Waals surface area contributed by atoms with Crippen LogP contribution in [0.2, 0.25) is 0 Å². The summed E-state index contributed by atoms with van der Waals surface area (Å²) in [5, 5.41) is 14.0. The van der Waals surface area contributed by atoms with Crippen LogP contribution in [-0.4, -0.2) is 52.4 Å². The fraction of sp³-hybridized carbons (Fsp3) is 0.429. The molecule has 0 aliphatic carbocycles. The third-order valence-electron chi connectivity index (χ3n) is 5.20. The first-order valence-electron chi connectivity index (χ1n) is 10.2. The highest BCUT2D eigenvalue weighted by atomic mass is 32.1. The molecule has 0 spiro atoms. The molecule has 1 aromatic carbocycles. The van der Waals surface area contributed by atoms with Gasteiger partial charge in [-0.3, -0.25) is 9.47 Å². The van der Waals surface area contributed by atoms with Crippen molar-refractivity contribution in [3.63, 3.8) is 0 Å². The number of nitrogens with one attached hydrogen (secondary N) is 1. The average molecular weight is 415 g/mol. The molecule has 1 saturated heterocycles. The lowest BCUT2D eigenvalue weighted by molar-refractivity contribution is 0.258. The summed E-state index contributed by atoms with van der Waals surface area (Å²) in [5.74, 6) is -0.178. The van der Waals surface area contributed by atoms with E-state index in [9.17, 15) is 4.39 Å². The number of nitrogens with zero attached hydrogens (tertiary/aromatic N) is 5. The first kappa shape index (κ1) is 20.0. The van der Waals surface area contributed by atoms with Gasteiger partial charge in [-0.25, -0.2) is 4.39 Å². The minimum absolute atomic E-state index is 0.178. The average Bonchev–Trinajstić information content (AvgIpc) is 3.40. The van der Waals surface area contributed by atoms with E-state index >= 15 is 0 Å². The molecule has 0 bridgehead atoms. The van der Waals surface area contributed by atoms with E-state index in [0.717, 1.165) is 42.1 Å². The van der Waals surface area contributed by atoms with Gasteiger partial charge >= 0.3 is 0 Å². The fourth-order valence-corrected chi connectivity index (χ4v) is 4.54. The molecular weight excluding hydrogens is 387 g/mol. The molecule has 4 rings (SSSR count). The number of halogens is 1. The second-order valence-corrected chi connectivity index (χ2v) is 8.19. The number of hydrogen-bond acceptors (Lipinski definition) is 6. The van der Waals surface area contributed by atoms with Crippen molar-refractivity contribution in [2.45, 2.75) is 26.4 Å². The maximum Gasteiger partial charge on any atom is 0.218 e. The molecule has 2 aromatic heterocycles. The van der Waals surface area contributed by atoms with Crippen molar-refractivity contribution in [2.75, 3.05) is 37.6 Å². The Bertz CT molecular complexity index is 915. The molecular formula is C21H27FN6S. The van der Waals surface area contributed by atoms with Crippen LogP contribution in [0.5, 0.6) is 0 Å². The molecule has 0 atom stereocenters. The number of aromatic nitrogens is 3. The van der Waals surface area contributed by atoms with E-state index in [0.29, 0.717) is 18.7 Å². The van der Waals surface area contributed by atoms with E-state index in [-0.39, 0.29) is 5.82 Å². The van der Waals surface area contributed by atoms with Crippen LogP contribution < -0.4 is 10.2 Å². The third-order valence-corrected chi connectivity index (χ3v) is 6.19. The monoisotopic (exact) mass is 414 g/mol. The predicted molar refractivity (Wildman–Crippen MR) is 115 cm³/mol. The Balaban J connectivity index is 1.37. The lowest BCUT2D eigenvalue weighted by Gasteiger charge is -2.33. The number of hydrogen-bond donors (Lipinski definition) is 1. The minimum atomic E-state index is -0.178. The van der Waals surface area contributed by atoms with Crippen LogP contribution in [0.3, 0.4) is 0 Å². The van der Waals surface area contributed by atoms with E-state index in [1.807, 2.05) is 18.3 Å². The molecule has 29 heavy (non-hydrogen) atoms. The Morgan fingerprint density at radius 2 is 1.79 bits per heavy atom. The summed E-state index contributed by atoms with van der Waals surface area (Å²) >= 11 is 1.62. The zero-order chi connectivity index (χ0) is 20.1. The molecule has 1 aliphatic heterocycles. The molecule has 6 nitrogen and oxygen atoms in total. The van der Waals surface area contributed by atoms with Crippen LogP contribution in [0, 0.1) is 5.82 Å². The third kappa shape index (κ3) is 4.83. The summed E-state index contributed by atoms with van der Waals surface area (Å²) < 4.78 is 15.8. The Morgan fingerprint density at radius 1 is 1.00 bits per heavy atom. The van der Waals surface area contributed by atoms with Gasteiger partial charge in [0.2, 0.25) is 10.3 Å². The predicted octanol–water partition coefficient (Wildman–Crippen LogP) is 3.29. The van der Waals surface area contributed by atoms with Gasteiger partial charge < -0.3 is 10.2 Å². The Labute approximate surface area is 175 Å². The topological polar surface area (TPSA) is 49.2 Å². The highest BCUT2D eigenvalue weighted by Crippen LogP contribution is 2.25. The van der Waals surface area contributed by atoms with Gasteiger partial charge in [-0.15, -0.1) is 10.2 Å². The van der Waals surface area contributed by atoms with Gasteiger partial charge in [-0.1, -0.05) is 36.5 Å². The molecule has 1 N–H and O–H groups in total. The zero-order valence-corrected chi connectivity index (χ0v) is 17.5. The summed E-state index contributed by atoms with van der Waals surface area (Å²) in [4.78, 5) is 4.83. The van der Waals surface area contributed by atoms with E-state index in [1.165, 1.54) is 19.0 Å². The number of benzene rings is 1. The van der Waals surface area contributed by atoms with Crippen LogP contribution in [0.1, 0.15) is 24.6 Å². The first-order chi connectivity index (χ1) is 14.2. The molecule has 154 valence electrons. The van der Waals surface area contributed by atoms with Gasteiger partial charge in [0.05, 0.1) is 0 Å². The Hall–Kier alpha value is -2.29.